The molecule has 1 fully saturated rings. The Morgan fingerprint density at radius 1 is 1.24 bits per heavy atom. The summed E-state index contributed by atoms with van der Waals surface area (Å²) in [5.41, 5.74) is 0. The number of nitrogens with one attached hydrogen (secondary N) is 1. The number of halogens is 2. The number of aromatic nitrogens is 3. The molecule has 2 aromatic rings. The average molecular weight is 404 g/mol. The number of amides is 1. The number of hydrogen-bond donors (Lipinski definition) is 1. The summed E-state index contributed by atoms with van der Waals surface area (Å²) < 4.78 is 0. The fourth-order valence-corrected chi connectivity index (χ4v) is 3.66. The lowest BCUT2D eigenvalue weighted by molar-refractivity contribution is 0.0647. The number of rotatable bonds is 5. The molecule has 3 rings (SSSR count). The molecule has 0 saturated carbocycles. The Morgan fingerprint density at radius 3 is 2.56 bits per heavy atom. The van der Waals surface area contributed by atoms with Crippen LogP contribution in [0.3, 0.4) is 0 Å². The van der Waals surface area contributed by atoms with Crippen LogP contribution in [0.2, 0.25) is 0 Å². The van der Waals surface area contributed by atoms with Crippen molar-refractivity contribution in [1.29, 1.82) is 0 Å². The van der Waals surface area contributed by atoms with Gasteiger partial charge in [-0.25, -0.2) is 15.0 Å². The summed E-state index contributed by atoms with van der Waals surface area (Å²) in [4.78, 5) is 28.3. The van der Waals surface area contributed by atoms with Crippen molar-refractivity contribution in [1.82, 2.24) is 25.2 Å². The summed E-state index contributed by atoms with van der Waals surface area (Å²) >= 11 is 1.37. The third-order valence-corrected chi connectivity index (χ3v) is 4.93. The van der Waals surface area contributed by atoms with Gasteiger partial charge in [0.15, 0.2) is 10.8 Å². The van der Waals surface area contributed by atoms with E-state index in [1.54, 1.807) is 24.7 Å². The van der Waals surface area contributed by atoms with Crippen molar-refractivity contribution in [2.24, 2.45) is 0 Å². The molecule has 2 aromatic heterocycles. The Balaban J connectivity index is 0.00000156. The van der Waals surface area contributed by atoms with Crippen LogP contribution in [0, 0.1) is 0 Å². The summed E-state index contributed by atoms with van der Waals surface area (Å²) in [6.07, 6.45) is 8.01. The molecule has 6 nitrogen and oxygen atoms in total. The minimum atomic E-state index is 0. The van der Waals surface area contributed by atoms with Gasteiger partial charge < -0.3 is 10.2 Å². The van der Waals surface area contributed by atoms with Gasteiger partial charge >= 0.3 is 0 Å². The molecule has 0 spiro atoms. The van der Waals surface area contributed by atoms with Crippen molar-refractivity contribution in [3.05, 3.63) is 29.5 Å². The van der Waals surface area contributed by atoms with Crippen LogP contribution in [-0.4, -0.2) is 51.4 Å². The van der Waals surface area contributed by atoms with E-state index in [0.29, 0.717) is 21.8 Å². The van der Waals surface area contributed by atoms with Gasteiger partial charge in [0.1, 0.15) is 4.88 Å². The number of carbonyl (C=O) groups excluding carboxylic acids is 1. The molecule has 138 valence electrons. The standard InChI is InChI=1S/C16H21N5OS.2ClH/c1-2-10-21(12-4-8-17-9-5-12)16(22)13-11-20-15(23-13)14-18-6-3-7-19-14;;/h3,6-7,11-12,17H,2,4-5,8-10H2,1H3;2*1H. The maximum atomic E-state index is 12.9. The molecule has 1 aliphatic heterocycles. The van der Waals surface area contributed by atoms with Crippen LogP contribution in [0.4, 0.5) is 0 Å². The highest BCUT2D eigenvalue weighted by Gasteiger charge is 2.27. The molecule has 1 N–H and O–H groups in total. The SMILES string of the molecule is CCCN(C(=O)c1cnc(-c2ncccn2)s1)C1CCNCC1.Cl.Cl. The molecular weight excluding hydrogens is 381 g/mol. The predicted molar refractivity (Wildman–Crippen MR) is 105 cm³/mol. The number of piperidine rings is 1. The van der Waals surface area contributed by atoms with E-state index in [4.69, 9.17) is 0 Å². The van der Waals surface area contributed by atoms with Gasteiger partial charge in [0.2, 0.25) is 0 Å². The van der Waals surface area contributed by atoms with Crippen molar-refractivity contribution in [3.63, 3.8) is 0 Å². The van der Waals surface area contributed by atoms with Crippen LogP contribution < -0.4 is 5.32 Å². The second kappa shape index (κ2) is 10.7. The van der Waals surface area contributed by atoms with Crippen molar-refractivity contribution in [3.8, 4) is 10.8 Å². The highest BCUT2D eigenvalue weighted by molar-refractivity contribution is 7.16. The predicted octanol–water partition coefficient (Wildman–Crippen LogP) is 3.05. The average Bonchev–Trinajstić information content (AvgIpc) is 3.11. The lowest BCUT2D eigenvalue weighted by atomic mass is 10.0. The highest BCUT2D eigenvalue weighted by Crippen LogP contribution is 2.24. The van der Waals surface area contributed by atoms with E-state index in [0.717, 1.165) is 38.9 Å². The molecule has 1 saturated heterocycles. The van der Waals surface area contributed by atoms with Gasteiger partial charge in [-0.15, -0.1) is 36.2 Å². The van der Waals surface area contributed by atoms with Crippen LogP contribution in [0.15, 0.2) is 24.7 Å². The molecule has 0 radical (unpaired) electrons. The van der Waals surface area contributed by atoms with E-state index < -0.39 is 0 Å². The van der Waals surface area contributed by atoms with Crippen molar-refractivity contribution < 1.29 is 4.79 Å². The first-order valence-electron chi connectivity index (χ1n) is 8.04. The van der Waals surface area contributed by atoms with E-state index >= 15 is 0 Å². The van der Waals surface area contributed by atoms with E-state index in [1.807, 2.05) is 4.90 Å². The maximum Gasteiger partial charge on any atom is 0.265 e. The number of hydrogen-bond acceptors (Lipinski definition) is 6. The molecule has 25 heavy (non-hydrogen) atoms. The topological polar surface area (TPSA) is 71.0 Å². The van der Waals surface area contributed by atoms with Crippen LogP contribution in [-0.2, 0) is 0 Å². The van der Waals surface area contributed by atoms with Gasteiger partial charge in [0.25, 0.3) is 5.91 Å². The molecule has 0 aliphatic carbocycles. The van der Waals surface area contributed by atoms with Crippen LogP contribution in [0.1, 0.15) is 35.9 Å². The van der Waals surface area contributed by atoms with Crippen molar-refractivity contribution >= 4 is 42.1 Å². The summed E-state index contributed by atoms with van der Waals surface area (Å²) in [5.74, 6) is 0.652. The quantitative estimate of drug-likeness (QED) is 0.830. The molecule has 1 aliphatic rings. The van der Waals surface area contributed by atoms with E-state index in [9.17, 15) is 4.79 Å². The second-order valence-corrected chi connectivity index (χ2v) is 6.61. The molecule has 3 heterocycles. The van der Waals surface area contributed by atoms with Crippen LogP contribution >= 0.6 is 36.2 Å². The van der Waals surface area contributed by atoms with Crippen LogP contribution in [0.25, 0.3) is 10.8 Å². The zero-order valence-electron chi connectivity index (χ0n) is 14.1. The van der Waals surface area contributed by atoms with Crippen molar-refractivity contribution in [2.75, 3.05) is 19.6 Å². The lowest BCUT2D eigenvalue weighted by Gasteiger charge is -2.34. The summed E-state index contributed by atoms with van der Waals surface area (Å²) in [6, 6.07) is 2.09. The van der Waals surface area contributed by atoms with Gasteiger partial charge in [-0.3, -0.25) is 4.79 Å². The van der Waals surface area contributed by atoms with Gasteiger partial charge in [-0.05, 0) is 38.4 Å². The number of carbonyl (C=O) groups is 1. The molecule has 0 atom stereocenters. The molecule has 0 aromatic carbocycles. The largest absolute Gasteiger partial charge is 0.335 e. The van der Waals surface area contributed by atoms with E-state index in [-0.39, 0.29) is 30.7 Å². The van der Waals surface area contributed by atoms with Gasteiger partial charge in [-0.1, -0.05) is 6.92 Å². The fraction of sp³-hybridized carbons (Fsp3) is 0.500. The zero-order chi connectivity index (χ0) is 16.1. The molecular formula is C16H23Cl2N5OS. The maximum absolute atomic E-state index is 12.9. The fourth-order valence-electron chi connectivity index (χ4n) is 2.84. The first kappa shape index (κ1) is 21.8. The monoisotopic (exact) mass is 403 g/mol. The zero-order valence-corrected chi connectivity index (χ0v) is 16.5. The first-order chi connectivity index (χ1) is 11.3. The van der Waals surface area contributed by atoms with E-state index in [1.165, 1.54) is 11.3 Å². The van der Waals surface area contributed by atoms with E-state index in [2.05, 4.69) is 27.2 Å². The minimum Gasteiger partial charge on any atom is -0.335 e. The van der Waals surface area contributed by atoms with Crippen molar-refractivity contribution in [2.45, 2.75) is 32.2 Å². The summed E-state index contributed by atoms with van der Waals surface area (Å²) in [5, 5.41) is 4.04. The minimum absolute atomic E-state index is 0. The first-order valence-corrected chi connectivity index (χ1v) is 8.86. The molecule has 0 bridgehead atoms. The van der Waals surface area contributed by atoms with Gasteiger partial charge in [0.05, 0.1) is 6.20 Å². The Labute approximate surface area is 164 Å². The third-order valence-electron chi connectivity index (χ3n) is 3.95. The smallest absolute Gasteiger partial charge is 0.265 e. The molecule has 0 unspecified atom stereocenters. The highest BCUT2D eigenvalue weighted by atomic mass is 35.5. The Bertz CT molecular complexity index is 649. The normalized spacial score (nSPS) is 14.3. The summed E-state index contributed by atoms with van der Waals surface area (Å²) in [7, 11) is 0. The van der Waals surface area contributed by atoms with Gasteiger partial charge in [-0.2, -0.15) is 0 Å². The Hall–Kier alpha value is -1.28. The number of thiazole rings is 1. The summed E-state index contributed by atoms with van der Waals surface area (Å²) in [6.45, 7) is 4.85. The number of nitrogens with zero attached hydrogens (tertiary/aromatic N) is 4. The Kier molecular flexibility index (Phi) is 9.27. The van der Waals surface area contributed by atoms with Gasteiger partial charge in [0, 0.05) is 25.0 Å². The Morgan fingerprint density at radius 2 is 1.92 bits per heavy atom. The molecule has 9 heteroatoms. The lowest BCUT2D eigenvalue weighted by Crippen LogP contribution is -2.46. The third kappa shape index (κ3) is 5.34. The second-order valence-electron chi connectivity index (χ2n) is 5.58. The molecule has 1 amide bonds. The van der Waals surface area contributed by atoms with Crippen LogP contribution in [0.5, 0.6) is 0 Å².